The molecule has 1 heteroatoms. The van der Waals surface area contributed by atoms with Crippen molar-refractivity contribution in [2.75, 3.05) is 0 Å². The van der Waals surface area contributed by atoms with E-state index in [1.54, 1.807) is 0 Å². The lowest BCUT2D eigenvalue weighted by Crippen LogP contribution is -2.06. The summed E-state index contributed by atoms with van der Waals surface area (Å²) < 4.78 is 2.48. The van der Waals surface area contributed by atoms with Crippen molar-refractivity contribution in [1.82, 2.24) is 4.57 Å². The summed E-state index contributed by atoms with van der Waals surface area (Å²) in [6, 6.07) is 17.8. The largest absolute Gasteiger partial charge is 0.333 e. The molecule has 0 bridgehead atoms. The second-order valence-electron chi connectivity index (χ2n) is 6.06. The molecule has 0 radical (unpaired) electrons. The van der Waals surface area contributed by atoms with E-state index in [9.17, 15) is 0 Å². The van der Waals surface area contributed by atoms with Crippen molar-refractivity contribution in [3.63, 3.8) is 0 Å². The smallest absolute Gasteiger partial charge is 0.0520 e. The fraction of sp³-hybridized carbons (Fsp3) is 0.333. The van der Waals surface area contributed by atoms with Gasteiger partial charge in [-0.15, -0.1) is 6.58 Å². The van der Waals surface area contributed by atoms with Crippen LogP contribution in [0.15, 0.2) is 61.2 Å². The minimum Gasteiger partial charge on any atom is -0.333 e. The van der Waals surface area contributed by atoms with Crippen LogP contribution in [0.4, 0.5) is 0 Å². The maximum absolute atomic E-state index is 4.11. The molecule has 0 aliphatic carbocycles. The van der Waals surface area contributed by atoms with Crippen LogP contribution < -0.4 is 0 Å². The monoisotopic (exact) mass is 291 g/mol. The Morgan fingerprint density at radius 2 is 1.50 bits per heavy atom. The van der Waals surface area contributed by atoms with Gasteiger partial charge in [-0.05, 0) is 18.6 Å². The van der Waals surface area contributed by atoms with Crippen molar-refractivity contribution >= 4 is 21.8 Å². The topological polar surface area (TPSA) is 4.93 Å². The maximum Gasteiger partial charge on any atom is 0.0520 e. The fourth-order valence-electron chi connectivity index (χ4n) is 3.44. The second-order valence-corrected chi connectivity index (χ2v) is 6.06. The first-order chi connectivity index (χ1) is 10.9. The van der Waals surface area contributed by atoms with Crippen molar-refractivity contribution < 1.29 is 0 Å². The highest BCUT2D eigenvalue weighted by atomic mass is 15.0. The molecule has 0 saturated heterocycles. The summed E-state index contributed by atoms with van der Waals surface area (Å²) in [7, 11) is 0. The number of hydrogen-bond acceptors (Lipinski definition) is 0. The first kappa shape index (κ1) is 14.9. The average Bonchev–Trinajstić information content (AvgIpc) is 2.90. The number of allylic oxidation sites excluding steroid dienone is 1. The SMILES string of the molecule is C=CC(CCCCCC)n1c2ccccc2c2ccccc21. The minimum atomic E-state index is 0.377. The van der Waals surface area contributed by atoms with E-state index in [2.05, 4.69) is 72.7 Å². The van der Waals surface area contributed by atoms with E-state index in [1.165, 1.54) is 53.9 Å². The molecule has 0 spiro atoms. The van der Waals surface area contributed by atoms with E-state index in [1.807, 2.05) is 0 Å². The van der Waals surface area contributed by atoms with Crippen molar-refractivity contribution in [1.29, 1.82) is 0 Å². The number of aromatic nitrogens is 1. The van der Waals surface area contributed by atoms with Gasteiger partial charge in [0.1, 0.15) is 0 Å². The summed E-state index contributed by atoms with van der Waals surface area (Å²) >= 11 is 0. The third-order valence-corrected chi connectivity index (χ3v) is 4.57. The zero-order valence-electron chi connectivity index (χ0n) is 13.5. The molecule has 22 heavy (non-hydrogen) atoms. The summed E-state index contributed by atoms with van der Waals surface area (Å²) in [6.07, 6.45) is 8.49. The first-order valence-corrected chi connectivity index (χ1v) is 8.47. The number of unbranched alkanes of at least 4 members (excludes halogenated alkanes) is 3. The Labute approximate surface area is 133 Å². The Hall–Kier alpha value is -2.02. The van der Waals surface area contributed by atoms with Gasteiger partial charge < -0.3 is 4.57 Å². The van der Waals surface area contributed by atoms with Crippen LogP contribution in [0.2, 0.25) is 0 Å². The van der Waals surface area contributed by atoms with E-state index in [4.69, 9.17) is 0 Å². The molecule has 1 aromatic heterocycles. The molecule has 114 valence electrons. The summed E-state index contributed by atoms with van der Waals surface area (Å²) in [6.45, 7) is 6.37. The highest BCUT2D eigenvalue weighted by Crippen LogP contribution is 2.33. The van der Waals surface area contributed by atoms with Crippen molar-refractivity contribution in [2.45, 2.75) is 45.1 Å². The number of benzene rings is 2. The van der Waals surface area contributed by atoms with Gasteiger partial charge in [0.2, 0.25) is 0 Å². The third-order valence-electron chi connectivity index (χ3n) is 4.57. The average molecular weight is 291 g/mol. The van der Waals surface area contributed by atoms with Gasteiger partial charge in [0.15, 0.2) is 0 Å². The quantitative estimate of drug-likeness (QED) is 0.346. The second kappa shape index (κ2) is 6.83. The molecule has 2 aromatic carbocycles. The zero-order valence-corrected chi connectivity index (χ0v) is 13.5. The van der Waals surface area contributed by atoms with E-state index < -0.39 is 0 Å². The Kier molecular flexibility index (Phi) is 4.62. The number of fused-ring (bicyclic) bond motifs is 3. The number of para-hydroxylation sites is 2. The highest BCUT2D eigenvalue weighted by molar-refractivity contribution is 6.08. The van der Waals surface area contributed by atoms with Gasteiger partial charge in [-0.25, -0.2) is 0 Å². The van der Waals surface area contributed by atoms with Crippen LogP contribution in [-0.4, -0.2) is 4.57 Å². The van der Waals surface area contributed by atoms with E-state index in [0.29, 0.717) is 6.04 Å². The van der Waals surface area contributed by atoms with Gasteiger partial charge in [-0.2, -0.15) is 0 Å². The summed E-state index contributed by atoms with van der Waals surface area (Å²) in [5.74, 6) is 0. The molecule has 0 saturated carbocycles. The summed E-state index contributed by atoms with van der Waals surface area (Å²) in [4.78, 5) is 0. The molecule has 1 heterocycles. The van der Waals surface area contributed by atoms with Gasteiger partial charge in [0.25, 0.3) is 0 Å². The van der Waals surface area contributed by atoms with E-state index >= 15 is 0 Å². The Bertz CT molecular complexity index is 713. The predicted octanol–water partition coefficient (Wildman–Crippen LogP) is 6.49. The molecule has 1 unspecified atom stereocenters. The van der Waals surface area contributed by atoms with Crippen LogP contribution >= 0.6 is 0 Å². The Morgan fingerprint density at radius 1 is 0.909 bits per heavy atom. The molecular formula is C21H25N. The van der Waals surface area contributed by atoms with E-state index in [-0.39, 0.29) is 0 Å². The minimum absolute atomic E-state index is 0.377. The lowest BCUT2D eigenvalue weighted by atomic mass is 10.1. The predicted molar refractivity (Wildman–Crippen MR) is 97.4 cm³/mol. The zero-order chi connectivity index (χ0) is 15.4. The molecular weight excluding hydrogens is 266 g/mol. The molecule has 3 rings (SSSR count). The Balaban J connectivity index is 2.04. The number of nitrogens with zero attached hydrogens (tertiary/aromatic N) is 1. The molecule has 0 fully saturated rings. The fourth-order valence-corrected chi connectivity index (χ4v) is 3.44. The standard InChI is InChI=1S/C21H25N/c1-3-5-6-7-12-17(4-2)22-20-15-10-8-13-18(20)19-14-9-11-16-21(19)22/h4,8-11,13-17H,2-3,5-7,12H2,1H3. The van der Waals surface area contributed by atoms with Gasteiger partial charge in [-0.3, -0.25) is 0 Å². The first-order valence-electron chi connectivity index (χ1n) is 8.47. The number of rotatable bonds is 7. The van der Waals surface area contributed by atoms with Gasteiger partial charge in [-0.1, -0.05) is 75.1 Å². The van der Waals surface area contributed by atoms with Crippen LogP contribution in [0.5, 0.6) is 0 Å². The van der Waals surface area contributed by atoms with Crippen LogP contribution in [0.1, 0.15) is 45.1 Å². The molecule has 1 atom stereocenters. The lowest BCUT2D eigenvalue weighted by molar-refractivity contribution is 0.532. The van der Waals surface area contributed by atoms with Crippen LogP contribution in [0.3, 0.4) is 0 Å². The van der Waals surface area contributed by atoms with Crippen molar-refractivity contribution in [3.8, 4) is 0 Å². The van der Waals surface area contributed by atoms with Crippen LogP contribution in [0, 0.1) is 0 Å². The third kappa shape index (κ3) is 2.68. The van der Waals surface area contributed by atoms with Gasteiger partial charge in [0.05, 0.1) is 6.04 Å². The maximum atomic E-state index is 4.11. The molecule has 0 aliphatic rings. The summed E-state index contributed by atoms with van der Waals surface area (Å²) in [5.41, 5.74) is 2.65. The van der Waals surface area contributed by atoms with Gasteiger partial charge >= 0.3 is 0 Å². The molecule has 1 nitrogen and oxygen atoms in total. The van der Waals surface area contributed by atoms with Crippen molar-refractivity contribution in [2.24, 2.45) is 0 Å². The normalized spacial score (nSPS) is 12.8. The lowest BCUT2D eigenvalue weighted by Gasteiger charge is -2.18. The Morgan fingerprint density at radius 3 is 2.05 bits per heavy atom. The van der Waals surface area contributed by atoms with E-state index in [0.717, 1.165) is 0 Å². The molecule has 3 aromatic rings. The molecule has 0 N–H and O–H groups in total. The van der Waals surface area contributed by atoms with Crippen LogP contribution in [-0.2, 0) is 0 Å². The molecule has 0 amide bonds. The summed E-state index contributed by atoms with van der Waals surface area (Å²) in [5, 5.41) is 2.69. The number of hydrogen-bond donors (Lipinski definition) is 0. The van der Waals surface area contributed by atoms with Gasteiger partial charge in [0, 0.05) is 21.8 Å². The van der Waals surface area contributed by atoms with Crippen molar-refractivity contribution in [3.05, 3.63) is 61.2 Å². The van der Waals surface area contributed by atoms with Crippen LogP contribution in [0.25, 0.3) is 21.8 Å². The molecule has 0 aliphatic heterocycles. The highest BCUT2D eigenvalue weighted by Gasteiger charge is 2.15.